The van der Waals surface area contributed by atoms with E-state index >= 15 is 0 Å². The highest BCUT2D eigenvalue weighted by molar-refractivity contribution is 6.03. The van der Waals surface area contributed by atoms with Crippen molar-refractivity contribution in [2.45, 2.75) is 47.5 Å². The fourth-order valence-corrected chi connectivity index (χ4v) is 4.43. The molecule has 0 spiro atoms. The SMILES string of the molecule is CCOc1cc(C)nc(N2CCN(C(=O)c3oc4c(c3C)C(=O)CC(C)(C)C4)CC2)n1. The van der Waals surface area contributed by atoms with Crippen LogP contribution >= 0.6 is 0 Å². The molecule has 2 aromatic heterocycles. The molecule has 1 aliphatic heterocycles. The van der Waals surface area contributed by atoms with Gasteiger partial charge in [-0.15, -0.1) is 0 Å². The van der Waals surface area contributed by atoms with Gasteiger partial charge in [-0.3, -0.25) is 9.59 Å². The maximum Gasteiger partial charge on any atom is 0.289 e. The molecule has 8 heteroatoms. The van der Waals surface area contributed by atoms with E-state index in [9.17, 15) is 9.59 Å². The van der Waals surface area contributed by atoms with Crippen molar-refractivity contribution >= 4 is 17.6 Å². The Morgan fingerprint density at radius 2 is 1.87 bits per heavy atom. The molecule has 2 aromatic rings. The van der Waals surface area contributed by atoms with Crippen molar-refractivity contribution in [3.63, 3.8) is 0 Å². The summed E-state index contributed by atoms with van der Waals surface area (Å²) < 4.78 is 11.5. The fraction of sp³-hybridized carbons (Fsp3) is 0.565. The van der Waals surface area contributed by atoms with Crippen LogP contribution in [0, 0.1) is 19.3 Å². The summed E-state index contributed by atoms with van der Waals surface area (Å²) in [7, 11) is 0. The number of anilines is 1. The van der Waals surface area contributed by atoms with Gasteiger partial charge in [0.05, 0.1) is 12.2 Å². The molecule has 31 heavy (non-hydrogen) atoms. The first-order chi connectivity index (χ1) is 14.7. The van der Waals surface area contributed by atoms with Gasteiger partial charge in [-0.25, -0.2) is 4.98 Å². The number of amides is 1. The monoisotopic (exact) mass is 426 g/mol. The number of hydrogen-bond acceptors (Lipinski definition) is 7. The second-order valence-corrected chi connectivity index (χ2v) is 9.16. The zero-order chi connectivity index (χ0) is 22.3. The number of nitrogens with zero attached hydrogens (tertiary/aromatic N) is 4. The minimum atomic E-state index is -0.155. The maximum atomic E-state index is 13.2. The lowest BCUT2D eigenvalue weighted by Gasteiger charge is -2.34. The lowest BCUT2D eigenvalue weighted by molar-refractivity contribution is 0.0707. The molecular formula is C23H30N4O4. The zero-order valence-electron chi connectivity index (χ0n) is 18.9. The molecule has 2 aliphatic rings. The Labute approximate surface area is 182 Å². The van der Waals surface area contributed by atoms with Crippen LogP contribution in [0.2, 0.25) is 0 Å². The summed E-state index contributed by atoms with van der Waals surface area (Å²) in [6, 6.07) is 1.82. The molecular weight excluding hydrogens is 396 g/mol. The highest BCUT2D eigenvalue weighted by atomic mass is 16.5. The van der Waals surface area contributed by atoms with Crippen molar-refractivity contribution in [1.29, 1.82) is 0 Å². The van der Waals surface area contributed by atoms with E-state index in [0.29, 0.717) is 80.1 Å². The first kappa shape index (κ1) is 21.3. The van der Waals surface area contributed by atoms with Crippen LogP contribution < -0.4 is 9.64 Å². The van der Waals surface area contributed by atoms with Gasteiger partial charge in [0.15, 0.2) is 11.5 Å². The van der Waals surface area contributed by atoms with E-state index in [1.165, 1.54) is 0 Å². The van der Waals surface area contributed by atoms with Gasteiger partial charge in [0.1, 0.15) is 5.76 Å². The molecule has 1 saturated heterocycles. The Hall–Kier alpha value is -2.90. The molecule has 0 radical (unpaired) electrons. The van der Waals surface area contributed by atoms with Crippen LogP contribution in [-0.2, 0) is 6.42 Å². The number of hydrogen-bond donors (Lipinski definition) is 0. The number of carbonyl (C=O) groups is 2. The van der Waals surface area contributed by atoms with Crippen molar-refractivity contribution in [2.24, 2.45) is 5.41 Å². The van der Waals surface area contributed by atoms with E-state index < -0.39 is 0 Å². The van der Waals surface area contributed by atoms with E-state index in [4.69, 9.17) is 9.15 Å². The fourth-order valence-electron chi connectivity index (χ4n) is 4.43. The van der Waals surface area contributed by atoms with Crippen molar-refractivity contribution < 1.29 is 18.7 Å². The molecule has 0 bridgehead atoms. The van der Waals surface area contributed by atoms with Gasteiger partial charge in [-0.1, -0.05) is 13.8 Å². The Morgan fingerprint density at radius 3 is 2.55 bits per heavy atom. The average Bonchev–Trinajstić information content (AvgIpc) is 3.02. The summed E-state index contributed by atoms with van der Waals surface area (Å²) in [5.74, 6) is 2.04. The predicted molar refractivity (Wildman–Crippen MR) is 116 cm³/mol. The molecule has 166 valence electrons. The first-order valence-electron chi connectivity index (χ1n) is 10.9. The smallest absolute Gasteiger partial charge is 0.289 e. The van der Waals surface area contributed by atoms with Crippen LogP contribution in [0.25, 0.3) is 0 Å². The molecule has 0 N–H and O–H groups in total. The van der Waals surface area contributed by atoms with Crippen molar-refractivity contribution in [2.75, 3.05) is 37.7 Å². The number of ether oxygens (including phenoxy) is 1. The summed E-state index contributed by atoms with van der Waals surface area (Å²) in [4.78, 5) is 38.7. The second-order valence-electron chi connectivity index (χ2n) is 9.16. The van der Waals surface area contributed by atoms with Crippen molar-refractivity contribution in [1.82, 2.24) is 14.9 Å². The standard InChI is InChI=1S/C23H30N4O4/c1-6-30-18-11-14(2)24-22(25-18)27-9-7-26(8-10-27)21(29)20-15(3)19-16(28)12-23(4,5)13-17(19)31-20/h11H,6-10,12-13H2,1-5H3. The van der Waals surface area contributed by atoms with Gasteiger partial charge in [0, 0.05) is 56.3 Å². The van der Waals surface area contributed by atoms with Gasteiger partial charge < -0.3 is 19.0 Å². The van der Waals surface area contributed by atoms with Crippen LogP contribution in [0.15, 0.2) is 10.5 Å². The van der Waals surface area contributed by atoms with Crippen LogP contribution in [0.3, 0.4) is 0 Å². The van der Waals surface area contributed by atoms with Crippen molar-refractivity contribution in [3.8, 4) is 5.88 Å². The third-order valence-corrected chi connectivity index (χ3v) is 5.93. The molecule has 0 saturated carbocycles. The summed E-state index contributed by atoms with van der Waals surface area (Å²) in [6.45, 7) is 12.6. The van der Waals surface area contributed by atoms with Crippen LogP contribution in [0.5, 0.6) is 5.88 Å². The average molecular weight is 427 g/mol. The first-order valence-corrected chi connectivity index (χ1v) is 10.9. The molecule has 1 aliphatic carbocycles. The third kappa shape index (κ3) is 4.16. The number of aryl methyl sites for hydroxylation is 1. The Morgan fingerprint density at radius 1 is 1.16 bits per heavy atom. The Kier molecular flexibility index (Phi) is 5.49. The number of rotatable bonds is 4. The lowest BCUT2D eigenvalue weighted by atomic mass is 9.76. The minimum absolute atomic E-state index is 0.0677. The normalized spacial score (nSPS) is 18.2. The molecule has 0 atom stereocenters. The largest absolute Gasteiger partial charge is 0.478 e. The summed E-state index contributed by atoms with van der Waals surface area (Å²) >= 11 is 0. The number of ketones is 1. The lowest BCUT2D eigenvalue weighted by Crippen LogP contribution is -2.49. The van der Waals surface area contributed by atoms with E-state index in [2.05, 4.69) is 28.7 Å². The van der Waals surface area contributed by atoms with Crippen molar-refractivity contribution in [3.05, 3.63) is 34.4 Å². The topological polar surface area (TPSA) is 88.8 Å². The van der Waals surface area contributed by atoms with Gasteiger partial charge in [-0.05, 0) is 26.2 Å². The second kappa shape index (κ2) is 7.98. The summed E-state index contributed by atoms with van der Waals surface area (Å²) in [6.07, 6.45) is 1.15. The molecule has 8 nitrogen and oxygen atoms in total. The van der Waals surface area contributed by atoms with E-state index in [1.807, 2.05) is 26.8 Å². The zero-order valence-corrected chi connectivity index (χ0v) is 18.9. The van der Waals surface area contributed by atoms with E-state index in [0.717, 1.165) is 5.69 Å². The number of aromatic nitrogens is 2. The van der Waals surface area contributed by atoms with Gasteiger partial charge in [0.25, 0.3) is 5.91 Å². The van der Waals surface area contributed by atoms with Crippen LogP contribution in [-0.4, -0.2) is 59.3 Å². The van der Waals surface area contributed by atoms with Gasteiger partial charge in [-0.2, -0.15) is 4.98 Å². The number of furan rings is 1. The molecule has 1 fully saturated rings. The Balaban J connectivity index is 1.48. The van der Waals surface area contributed by atoms with E-state index in [-0.39, 0.29) is 17.1 Å². The minimum Gasteiger partial charge on any atom is -0.478 e. The highest BCUT2D eigenvalue weighted by Crippen LogP contribution is 2.38. The number of fused-ring (bicyclic) bond motifs is 1. The van der Waals surface area contributed by atoms with Crippen LogP contribution in [0.1, 0.15) is 65.1 Å². The molecule has 0 aromatic carbocycles. The molecule has 1 amide bonds. The van der Waals surface area contributed by atoms with E-state index in [1.54, 1.807) is 4.90 Å². The predicted octanol–water partition coefficient (Wildman–Crippen LogP) is 3.20. The number of Topliss-reactive ketones (excluding diaryl/α,β-unsaturated/α-hetero) is 1. The maximum absolute atomic E-state index is 13.2. The van der Waals surface area contributed by atoms with Gasteiger partial charge >= 0.3 is 0 Å². The third-order valence-electron chi connectivity index (χ3n) is 5.93. The summed E-state index contributed by atoms with van der Waals surface area (Å²) in [5, 5.41) is 0. The van der Waals surface area contributed by atoms with Gasteiger partial charge in [0.2, 0.25) is 11.8 Å². The summed E-state index contributed by atoms with van der Waals surface area (Å²) in [5.41, 5.74) is 1.98. The number of piperazine rings is 1. The number of carbonyl (C=O) groups excluding carboxylic acids is 2. The molecule has 4 rings (SSSR count). The quantitative estimate of drug-likeness (QED) is 0.742. The highest BCUT2D eigenvalue weighted by Gasteiger charge is 2.38. The Bertz CT molecular complexity index is 1020. The molecule has 0 unspecified atom stereocenters. The molecule has 3 heterocycles. The van der Waals surface area contributed by atoms with Crippen LogP contribution in [0.4, 0.5) is 5.95 Å².